The number of nitrogens with zero attached hydrogens (tertiary/aromatic N) is 5. The third-order valence-electron chi connectivity index (χ3n) is 6.82. The van der Waals surface area contributed by atoms with Gasteiger partial charge in [-0.1, -0.05) is 13.8 Å². The van der Waals surface area contributed by atoms with Gasteiger partial charge in [0.25, 0.3) is 0 Å². The Morgan fingerprint density at radius 1 is 0.581 bits per heavy atom. The van der Waals surface area contributed by atoms with Crippen molar-refractivity contribution in [1.82, 2.24) is 26.5 Å². The summed E-state index contributed by atoms with van der Waals surface area (Å²) < 4.78 is 0. The van der Waals surface area contributed by atoms with E-state index in [1.807, 2.05) is 13.8 Å². The maximum Gasteiger partial charge on any atom is 0.325 e. The van der Waals surface area contributed by atoms with Crippen LogP contribution in [0.4, 0.5) is 22.7 Å². The number of hydrogen-bond acceptors (Lipinski definition) is 10. The Balaban J connectivity index is 0.00000207. The van der Waals surface area contributed by atoms with Gasteiger partial charge in [0.1, 0.15) is 6.67 Å². The SMILES string of the molecule is CC.NN1CCC(=O)N2CN(C(=O)CCNC(=O)C1=O)c1cc3c(cc12)N1NN3C(=O)CCNC(=O)C(=O)NCCC1=O. The van der Waals surface area contributed by atoms with Crippen LogP contribution in [0.5, 0.6) is 0 Å². The number of carbonyl (C=O) groups is 8. The number of anilines is 4. The molecule has 0 radical (unpaired) electrons. The summed E-state index contributed by atoms with van der Waals surface area (Å²) in [5.41, 5.74) is 3.71. The molecule has 4 aliphatic rings. The highest BCUT2D eigenvalue weighted by molar-refractivity contribution is 6.35. The van der Waals surface area contributed by atoms with Crippen LogP contribution >= 0.6 is 0 Å². The van der Waals surface area contributed by atoms with Crippen LogP contribution in [0, 0.1) is 0 Å². The standard InChI is InChI=1S/C23H26N10O8.C2H6/c24-31-8-4-17(35)30-11-29(16(34)1-5-27-22(40)23(31)41)12-9-14-15(10-13(12)30)33-19(37)3-7-26-21(39)20(38)25-6-2-18(36)32(14)28-33;1-2/h9-10,28H,1-8,11,24H2,(H,25,38)(H,26,39)(H,27,40);1-2H3. The van der Waals surface area contributed by atoms with E-state index in [0.717, 1.165) is 10.0 Å². The molecule has 18 heteroatoms. The first-order chi connectivity index (χ1) is 20.6. The number of nitrogens with two attached hydrogens (primary N) is 1. The molecule has 4 heterocycles. The van der Waals surface area contributed by atoms with Crippen LogP contribution in [-0.2, 0) is 38.4 Å². The minimum Gasteiger partial charge on any atom is -0.347 e. The van der Waals surface area contributed by atoms with Gasteiger partial charge in [-0.25, -0.2) is 15.9 Å². The second-order valence-electron chi connectivity index (χ2n) is 9.44. The van der Waals surface area contributed by atoms with Crippen molar-refractivity contribution in [3.63, 3.8) is 0 Å². The Labute approximate surface area is 245 Å². The number of nitrogens with one attached hydrogen (secondary N) is 4. The highest BCUT2D eigenvalue weighted by atomic mass is 16.2. The molecule has 18 nitrogen and oxygen atoms in total. The predicted molar refractivity (Wildman–Crippen MR) is 149 cm³/mol. The Morgan fingerprint density at radius 3 is 1.49 bits per heavy atom. The second kappa shape index (κ2) is 12.8. The van der Waals surface area contributed by atoms with Gasteiger partial charge in [-0.15, -0.1) is 5.53 Å². The van der Waals surface area contributed by atoms with Crippen LogP contribution in [0.25, 0.3) is 0 Å². The molecule has 230 valence electrons. The molecule has 0 saturated carbocycles. The smallest absolute Gasteiger partial charge is 0.325 e. The van der Waals surface area contributed by atoms with Gasteiger partial charge in [-0.2, -0.15) is 0 Å². The van der Waals surface area contributed by atoms with Crippen LogP contribution in [0.15, 0.2) is 12.1 Å². The molecule has 4 aliphatic heterocycles. The molecule has 0 aliphatic carbocycles. The largest absolute Gasteiger partial charge is 0.347 e. The van der Waals surface area contributed by atoms with Crippen molar-refractivity contribution in [3.8, 4) is 0 Å². The normalized spacial score (nSPS) is 20.2. The molecule has 0 unspecified atom stereocenters. The van der Waals surface area contributed by atoms with E-state index in [1.54, 1.807) is 0 Å². The summed E-state index contributed by atoms with van der Waals surface area (Å²) in [6.45, 7) is 3.06. The second-order valence-corrected chi connectivity index (χ2v) is 9.44. The third kappa shape index (κ3) is 6.09. The summed E-state index contributed by atoms with van der Waals surface area (Å²) in [6, 6.07) is 2.97. The molecule has 5 rings (SSSR count). The number of hydrogen-bond donors (Lipinski definition) is 5. The number of hydrazine groups is 3. The molecular formula is C25H32N10O8. The molecule has 0 spiro atoms. The van der Waals surface area contributed by atoms with Crippen LogP contribution in [0.1, 0.15) is 39.5 Å². The van der Waals surface area contributed by atoms with Gasteiger partial charge >= 0.3 is 23.6 Å². The summed E-state index contributed by atoms with van der Waals surface area (Å²) >= 11 is 0. The van der Waals surface area contributed by atoms with Crippen molar-refractivity contribution in [3.05, 3.63) is 12.1 Å². The molecule has 0 atom stereocenters. The molecule has 4 bridgehead atoms. The van der Waals surface area contributed by atoms with Crippen molar-refractivity contribution < 1.29 is 38.4 Å². The monoisotopic (exact) mass is 600 g/mol. The van der Waals surface area contributed by atoms with Gasteiger partial charge in [0.2, 0.25) is 23.6 Å². The fraction of sp³-hybridized carbons (Fsp3) is 0.440. The van der Waals surface area contributed by atoms with E-state index in [-0.39, 0.29) is 81.3 Å². The van der Waals surface area contributed by atoms with E-state index < -0.39 is 47.3 Å². The van der Waals surface area contributed by atoms with Gasteiger partial charge in [-0.05, 0) is 12.1 Å². The van der Waals surface area contributed by atoms with Gasteiger partial charge < -0.3 is 16.0 Å². The first kappa shape index (κ1) is 30.8. The zero-order valence-electron chi connectivity index (χ0n) is 23.6. The molecule has 1 aromatic rings. The Morgan fingerprint density at radius 2 is 1.00 bits per heavy atom. The van der Waals surface area contributed by atoms with Crippen molar-refractivity contribution >= 4 is 70.0 Å². The van der Waals surface area contributed by atoms with E-state index in [0.29, 0.717) is 5.01 Å². The fourth-order valence-corrected chi connectivity index (χ4v) is 4.68. The third-order valence-corrected chi connectivity index (χ3v) is 6.82. The molecule has 43 heavy (non-hydrogen) atoms. The lowest BCUT2D eigenvalue weighted by molar-refractivity contribution is -0.146. The van der Waals surface area contributed by atoms with E-state index in [9.17, 15) is 38.4 Å². The number of rotatable bonds is 0. The highest BCUT2D eigenvalue weighted by Gasteiger charge is 2.41. The average Bonchev–Trinajstić information content (AvgIpc) is 3.56. The summed E-state index contributed by atoms with van der Waals surface area (Å²) in [4.78, 5) is 103. The molecular weight excluding hydrogens is 568 g/mol. The van der Waals surface area contributed by atoms with E-state index in [1.165, 1.54) is 21.9 Å². The fourth-order valence-electron chi connectivity index (χ4n) is 4.68. The highest BCUT2D eigenvalue weighted by Crippen LogP contribution is 2.46. The summed E-state index contributed by atoms with van der Waals surface area (Å²) in [6.07, 6.45) is -0.945. The molecule has 2 saturated heterocycles. The first-order valence-electron chi connectivity index (χ1n) is 13.7. The zero-order chi connectivity index (χ0) is 31.4. The van der Waals surface area contributed by atoms with Crippen molar-refractivity contribution in [2.75, 3.05) is 52.7 Å². The Bertz CT molecular complexity index is 1400. The van der Waals surface area contributed by atoms with Gasteiger partial charge in [0, 0.05) is 51.9 Å². The van der Waals surface area contributed by atoms with Crippen LogP contribution in [0.3, 0.4) is 0 Å². The van der Waals surface area contributed by atoms with Crippen LogP contribution < -0.4 is 47.1 Å². The van der Waals surface area contributed by atoms with E-state index in [2.05, 4.69) is 21.5 Å². The Hall–Kier alpha value is -5.10. The number of carbonyl (C=O) groups excluding carboxylic acids is 8. The van der Waals surface area contributed by atoms with Crippen molar-refractivity contribution in [2.45, 2.75) is 39.5 Å². The van der Waals surface area contributed by atoms with E-state index >= 15 is 0 Å². The van der Waals surface area contributed by atoms with Crippen LogP contribution in [0.2, 0.25) is 0 Å². The average molecular weight is 601 g/mol. The lowest BCUT2D eigenvalue weighted by atomic mass is 10.1. The molecule has 6 N–H and O–H groups in total. The van der Waals surface area contributed by atoms with Crippen molar-refractivity contribution in [2.24, 2.45) is 5.84 Å². The van der Waals surface area contributed by atoms with Gasteiger partial charge in [-0.3, -0.25) is 53.2 Å². The number of fused-ring (bicyclic) bond motifs is 10. The zero-order valence-corrected chi connectivity index (χ0v) is 23.6. The lowest BCUT2D eigenvalue weighted by Gasteiger charge is -2.21. The quantitative estimate of drug-likeness (QED) is 0.116. The predicted octanol–water partition coefficient (Wildman–Crippen LogP) is -2.91. The van der Waals surface area contributed by atoms with Crippen molar-refractivity contribution in [1.29, 1.82) is 0 Å². The van der Waals surface area contributed by atoms with Gasteiger partial charge in [0.05, 0.1) is 22.7 Å². The molecule has 1 aromatic carbocycles. The molecule has 8 amide bonds. The van der Waals surface area contributed by atoms with E-state index in [4.69, 9.17) is 5.84 Å². The number of amides is 8. The van der Waals surface area contributed by atoms with Crippen LogP contribution in [-0.4, -0.2) is 85.1 Å². The maximum atomic E-state index is 13.2. The first-order valence-corrected chi connectivity index (χ1v) is 13.7. The molecule has 0 aromatic heterocycles. The number of benzene rings is 1. The summed E-state index contributed by atoms with van der Waals surface area (Å²) in [5, 5.41) is 9.82. The lowest BCUT2D eigenvalue weighted by Crippen LogP contribution is -2.50. The topological polar surface area (TPSA) is 227 Å². The minimum absolute atomic E-state index is 0.156. The summed E-state index contributed by atoms with van der Waals surface area (Å²) in [7, 11) is 0. The van der Waals surface area contributed by atoms with Gasteiger partial charge in [0.15, 0.2) is 0 Å². The minimum atomic E-state index is -1.05. The maximum absolute atomic E-state index is 13.2. The summed E-state index contributed by atoms with van der Waals surface area (Å²) in [5.74, 6) is -0.363. The molecule has 2 fully saturated rings. The Kier molecular flexibility index (Phi) is 9.20.